The Morgan fingerprint density at radius 1 is 1.39 bits per heavy atom. The number of rotatable bonds is 5. The monoisotopic (exact) mass is 337 g/mol. The number of ether oxygens (including phenoxy) is 1. The molecular formula is C18H27NO3S. The van der Waals surface area contributed by atoms with Crippen LogP contribution >= 0.6 is 11.8 Å². The Balaban J connectivity index is 1.72. The van der Waals surface area contributed by atoms with Crippen LogP contribution in [0.2, 0.25) is 0 Å². The molecule has 1 heterocycles. The SMILES string of the molecule is CC(C)(C)OC(=O)N1CCC([C@@H](O)CCSc2ccccc2)C1. The molecule has 1 unspecified atom stereocenters. The Morgan fingerprint density at radius 2 is 2.09 bits per heavy atom. The molecule has 0 radical (unpaired) electrons. The zero-order valence-corrected chi connectivity index (χ0v) is 15.0. The van der Waals surface area contributed by atoms with Gasteiger partial charge in [0.25, 0.3) is 0 Å². The normalized spacial score (nSPS) is 19.7. The van der Waals surface area contributed by atoms with Gasteiger partial charge in [-0.3, -0.25) is 0 Å². The van der Waals surface area contributed by atoms with Crippen LogP contribution in [0.1, 0.15) is 33.6 Å². The van der Waals surface area contributed by atoms with Gasteiger partial charge in [0.05, 0.1) is 6.10 Å². The topological polar surface area (TPSA) is 49.8 Å². The summed E-state index contributed by atoms with van der Waals surface area (Å²) >= 11 is 1.76. The molecule has 4 nitrogen and oxygen atoms in total. The molecule has 1 saturated heterocycles. The van der Waals surface area contributed by atoms with E-state index >= 15 is 0 Å². The van der Waals surface area contributed by atoms with Crippen molar-refractivity contribution in [1.82, 2.24) is 4.90 Å². The Labute approximate surface area is 143 Å². The lowest BCUT2D eigenvalue weighted by Crippen LogP contribution is -2.36. The van der Waals surface area contributed by atoms with Gasteiger partial charge in [-0.05, 0) is 45.7 Å². The van der Waals surface area contributed by atoms with Crippen LogP contribution in [-0.2, 0) is 4.74 Å². The average Bonchev–Trinajstić information content (AvgIpc) is 2.96. The van der Waals surface area contributed by atoms with Crippen LogP contribution in [0.25, 0.3) is 0 Å². The van der Waals surface area contributed by atoms with Crippen LogP contribution in [-0.4, -0.2) is 46.6 Å². The molecule has 1 aromatic rings. The molecule has 0 saturated carbocycles. The summed E-state index contributed by atoms with van der Waals surface area (Å²) in [5, 5.41) is 10.4. The van der Waals surface area contributed by atoms with Crippen molar-refractivity contribution < 1.29 is 14.6 Å². The van der Waals surface area contributed by atoms with E-state index in [0.29, 0.717) is 13.1 Å². The number of carbonyl (C=O) groups is 1. The van der Waals surface area contributed by atoms with E-state index in [4.69, 9.17) is 4.74 Å². The molecule has 2 atom stereocenters. The van der Waals surface area contributed by atoms with Crippen molar-refractivity contribution in [2.24, 2.45) is 5.92 Å². The molecule has 0 bridgehead atoms. The van der Waals surface area contributed by atoms with Crippen molar-refractivity contribution in [3.8, 4) is 0 Å². The molecule has 1 N–H and O–H groups in total. The molecule has 1 amide bonds. The van der Waals surface area contributed by atoms with Gasteiger partial charge in [-0.25, -0.2) is 4.79 Å². The fourth-order valence-corrected chi connectivity index (χ4v) is 3.59. The Kier molecular flexibility index (Phi) is 6.36. The van der Waals surface area contributed by atoms with Crippen molar-refractivity contribution >= 4 is 17.9 Å². The molecule has 0 spiro atoms. The lowest BCUT2D eigenvalue weighted by molar-refractivity contribution is 0.0268. The summed E-state index contributed by atoms with van der Waals surface area (Å²) in [5.74, 6) is 1.03. The van der Waals surface area contributed by atoms with E-state index in [-0.39, 0.29) is 18.1 Å². The highest BCUT2D eigenvalue weighted by atomic mass is 32.2. The minimum Gasteiger partial charge on any atom is -0.444 e. The third kappa shape index (κ3) is 6.07. The molecule has 1 aliphatic rings. The largest absolute Gasteiger partial charge is 0.444 e. The maximum absolute atomic E-state index is 12.0. The number of amides is 1. The third-order valence-corrected chi connectivity index (χ3v) is 4.89. The fraction of sp³-hybridized carbons (Fsp3) is 0.611. The van der Waals surface area contributed by atoms with Crippen LogP contribution in [0.15, 0.2) is 35.2 Å². The first-order valence-corrected chi connectivity index (χ1v) is 9.17. The number of likely N-dealkylation sites (tertiary alicyclic amines) is 1. The van der Waals surface area contributed by atoms with E-state index in [1.54, 1.807) is 16.7 Å². The van der Waals surface area contributed by atoms with Gasteiger partial charge < -0.3 is 14.7 Å². The molecule has 1 fully saturated rings. The maximum atomic E-state index is 12.0. The highest BCUT2D eigenvalue weighted by molar-refractivity contribution is 7.99. The number of hydrogen-bond donors (Lipinski definition) is 1. The summed E-state index contributed by atoms with van der Waals surface area (Å²) in [6, 6.07) is 10.2. The maximum Gasteiger partial charge on any atom is 0.410 e. The second-order valence-electron chi connectivity index (χ2n) is 6.99. The van der Waals surface area contributed by atoms with Crippen LogP contribution in [0.3, 0.4) is 0 Å². The van der Waals surface area contributed by atoms with Crippen molar-refractivity contribution in [3.63, 3.8) is 0 Å². The lowest BCUT2D eigenvalue weighted by atomic mass is 10.00. The molecule has 128 valence electrons. The summed E-state index contributed by atoms with van der Waals surface area (Å²) < 4.78 is 5.39. The summed E-state index contributed by atoms with van der Waals surface area (Å²) in [5.41, 5.74) is -0.472. The summed E-state index contributed by atoms with van der Waals surface area (Å²) in [6.45, 7) is 6.87. The third-order valence-electron chi connectivity index (χ3n) is 3.85. The quantitative estimate of drug-likeness (QED) is 0.831. The second kappa shape index (κ2) is 8.06. The number of benzene rings is 1. The van der Waals surface area contributed by atoms with E-state index < -0.39 is 5.60 Å². The Bertz CT molecular complexity index is 501. The second-order valence-corrected chi connectivity index (χ2v) is 8.16. The van der Waals surface area contributed by atoms with E-state index in [2.05, 4.69) is 12.1 Å². The Hall–Kier alpha value is -1.20. The minimum absolute atomic E-state index is 0.152. The summed E-state index contributed by atoms with van der Waals surface area (Å²) in [6.07, 6.45) is 0.951. The van der Waals surface area contributed by atoms with Crippen molar-refractivity contribution in [2.45, 2.75) is 50.2 Å². The van der Waals surface area contributed by atoms with Crippen LogP contribution < -0.4 is 0 Å². The number of aliphatic hydroxyl groups is 1. The highest BCUT2D eigenvalue weighted by Gasteiger charge is 2.33. The van der Waals surface area contributed by atoms with Gasteiger partial charge in [0.15, 0.2) is 0 Å². The van der Waals surface area contributed by atoms with Gasteiger partial charge in [0, 0.05) is 29.7 Å². The van der Waals surface area contributed by atoms with Gasteiger partial charge >= 0.3 is 6.09 Å². The number of thioether (sulfide) groups is 1. The van der Waals surface area contributed by atoms with E-state index in [1.165, 1.54) is 4.90 Å². The van der Waals surface area contributed by atoms with E-state index in [0.717, 1.165) is 18.6 Å². The van der Waals surface area contributed by atoms with Crippen molar-refractivity contribution in [2.75, 3.05) is 18.8 Å². The molecule has 0 aliphatic carbocycles. The van der Waals surface area contributed by atoms with E-state index in [9.17, 15) is 9.90 Å². The molecule has 5 heteroatoms. The first-order chi connectivity index (χ1) is 10.8. The first kappa shape index (κ1) is 18.1. The molecule has 23 heavy (non-hydrogen) atoms. The molecule has 0 aromatic heterocycles. The van der Waals surface area contributed by atoms with Gasteiger partial charge in [-0.1, -0.05) is 18.2 Å². The Morgan fingerprint density at radius 3 is 2.74 bits per heavy atom. The van der Waals surface area contributed by atoms with E-state index in [1.807, 2.05) is 39.0 Å². The van der Waals surface area contributed by atoms with Crippen molar-refractivity contribution in [1.29, 1.82) is 0 Å². The van der Waals surface area contributed by atoms with Gasteiger partial charge in [-0.15, -0.1) is 11.8 Å². The average molecular weight is 337 g/mol. The predicted molar refractivity (Wildman–Crippen MR) is 93.7 cm³/mol. The minimum atomic E-state index is -0.472. The van der Waals surface area contributed by atoms with Crippen LogP contribution in [0.4, 0.5) is 4.79 Å². The fourth-order valence-electron chi connectivity index (χ4n) is 2.64. The molecule has 2 rings (SSSR count). The van der Waals surface area contributed by atoms with Gasteiger partial charge in [0.2, 0.25) is 0 Å². The lowest BCUT2D eigenvalue weighted by Gasteiger charge is -2.25. The molecule has 1 aliphatic heterocycles. The highest BCUT2D eigenvalue weighted by Crippen LogP contribution is 2.26. The van der Waals surface area contributed by atoms with Gasteiger partial charge in [-0.2, -0.15) is 0 Å². The van der Waals surface area contributed by atoms with Crippen LogP contribution in [0, 0.1) is 5.92 Å². The van der Waals surface area contributed by atoms with Gasteiger partial charge in [0.1, 0.15) is 5.60 Å². The summed E-state index contributed by atoms with van der Waals surface area (Å²) in [4.78, 5) is 15.0. The standard InChI is InChI=1S/C18H27NO3S/c1-18(2,3)22-17(21)19-11-9-14(13-19)16(20)10-12-23-15-7-5-4-6-8-15/h4-8,14,16,20H,9-13H2,1-3H3/t14?,16-/m0/s1. The molecular weight excluding hydrogens is 310 g/mol. The number of nitrogens with zero attached hydrogens (tertiary/aromatic N) is 1. The predicted octanol–water partition coefficient (Wildman–Crippen LogP) is 3.79. The first-order valence-electron chi connectivity index (χ1n) is 8.19. The summed E-state index contributed by atoms with van der Waals surface area (Å²) in [7, 11) is 0. The van der Waals surface area contributed by atoms with Crippen molar-refractivity contribution in [3.05, 3.63) is 30.3 Å². The number of hydrogen-bond acceptors (Lipinski definition) is 4. The smallest absolute Gasteiger partial charge is 0.410 e. The zero-order valence-electron chi connectivity index (χ0n) is 14.2. The molecule has 1 aromatic carbocycles. The van der Waals surface area contributed by atoms with Crippen LogP contribution in [0.5, 0.6) is 0 Å². The zero-order chi connectivity index (χ0) is 16.9. The number of aliphatic hydroxyl groups excluding tert-OH is 1. The number of carbonyl (C=O) groups excluding carboxylic acids is 1.